The summed E-state index contributed by atoms with van der Waals surface area (Å²) < 4.78 is 0. The van der Waals surface area contributed by atoms with Crippen LogP contribution >= 0.6 is 11.8 Å². The molecule has 0 fully saturated rings. The number of aldehydes is 1. The fraction of sp³-hybridized carbons (Fsp3) is 0.316. The molecule has 0 amide bonds. The van der Waals surface area contributed by atoms with Crippen molar-refractivity contribution >= 4 is 34.7 Å². The Balaban J connectivity index is 2.03. The lowest BCUT2D eigenvalue weighted by atomic mass is 9.98. The average molecular weight is 339 g/mol. The van der Waals surface area contributed by atoms with E-state index in [4.69, 9.17) is 0 Å². The number of carbonyl (C=O) groups excluding carboxylic acids is 1. The summed E-state index contributed by atoms with van der Waals surface area (Å²) in [6.07, 6.45) is 14.9. The van der Waals surface area contributed by atoms with Crippen LogP contribution in [-0.2, 0) is 11.2 Å². The molecule has 1 aliphatic carbocycles. The molecule has 124 valence electrons. The highest BCUT2D eigenvalue weighted by atomic mass is 32.2. The summed E-state index contributed by atoms with van der Waals surface area (Å²) >= 11 is 1.73. The average Bonchev–Trinajstić information content (AvgIpc) is 2.94. The van der Waals surface area contributed by atoms with E-state index in [9.17, 15) is 4.79 Å². The molecule has 1 atom stereocenters. The predicted octanol–water partition coefficient (Wildman–Crippen LogP) is 3.99. The normalized spacial score (nSPS) is 28.2. The molecule has 1 aliphatic heterocycles. The van der Waals surface area contributed by atoms with Crippen LogP contribution in [0.4, 0.5) is 0 Å². The smallest absolute Gasteiger partial charge is 0.150 e. The molecule has 3 rings (SSSR count). The van der Waals surface area contributed by atoms with Gasteiger partial charge < -0.3 is 0 Å². The molecule has 1 unspecified atom stereocenters. The first-order valence-electron chi connectivity index (χ1n) is 8.14. The summed E-state index contributed by atoms with van der Waals surface area (Å²) in [6, 6.07) is 0.142. The molecule has 1 aromatic rings. The number of aromatic nitrogens is 2. The van der Waals surface area contributed by atoms with Gasteiger partial charge in [-0.2, -0.15) is 5.10 Å². The number of hydrogen-bond donors (Lipinski definition) is 1. The number of fused-ring (bicyclic) bond motifs is 1. The van der Waals surface area contributed by atoms with E-state index in [0.717, 1.165) is 52.4 Å². The van der Waals surface area contributed by atoms with Gasteiger partial charge in [0, 0.05) is 22.6 Å². The highest BCUT2D eigenvalue weighted by Crippen LogP contribution is 2.27. The van der Waals surface area contributed by atoms with Crippen molar-refractivity contribution in [2.75, 3.05) is 5.75 Å². The van der Waals surface area contributed by atoms with Crippen molar-refractivity contribution in [2.24, 2.45) is 4.99 Å². The molecule has 0 saturated heterocycles. The third-order valence-electron chi connectivity index (χ3n) is 4.01. The summed E-state index contributed by atoms with van der Waals surface area (Å²) in [7, 11) is 0. The maximum Gasteiger partial charge on any atom is 0.150 e. The van der Waals surface area contributed by atoms with Crippen LogP contribution < -0.4 is 0 Å². The Bertz CT molecular complexity index is 781. The molecule has 0 saturated carbocycles. The maximum absolute atomic E-state index is 11.3. The zero-order valence-corrected chi connectivity index (χ0v) is 14.8. The van der Waals surface area contributed by atoms with Crippen LogP contribution in [0, 0.1) is 0 Å². The van der Waals surface area contributed by atoms with E-state index in [-0.39, 0.29) is 6.04 Å². The van der Waals surface area contributed by atoms with E-state index < -0.39 is 0 Å². The maximum atomic E-state index is 11.3. The van der Waals surface area contributed by atoms with Gasteiger partial charge in [-0.1, -0.05) is 30.4 Å². The van der Waals surface area contributed by atoms with Crippen molar-refractivity contribution in [1.82, 2.24) is 10.2 Å². The molecule has 0 bridgehead atoms. The van der Waals surface area contributed by atoms with E-state index in [1.807, 2.05) is 25.2 Å². The number of allylic oxidation sites excluding steroid dienone is 5. The molecular weight excluding hydrogens is 318 g/mol. The molecule has 4 nitrogen and oxygen atoms in total. The number of aryl methyl sites for hydroxylation is 1. The minimum Gasteiger partial charge on any atom is -0.298 e. The highest BCUT2D eigenvalue weighted by molar-refractivity contribution is 8.14. The number of hydrogen-bond acceptors (Lipinski definition) is 4. The van der Waals surface area contributed by atoms with Crippen molar-refractivity contribution in [3.05, 3.63) is 52.9 Å². The van der Waals surface area contributed by atoms with Crippen LogP contribution in [0.3, 0.4) is 0 Å². The molecular formula is C19H21N3OS. The molecule has 0 aromatic carbocycles. The number of aromatic amines is 1. The van der Waals surface area contributed by atoms with E-state index in [1.165, 1.54) is 0 Å². The van der Waals surface area contributed by atoms with E-state index in [2.05, 4.69) is 40.3 Å². The molecule has 0 radical (unpaired) electrons. The third-order valence-corrected chi connectivity index (χ3v) is 4.87. The van der Waals surface area contributed by atoms with Crippen LogP contribution in [-0.4, -0.2) is 33.3 Å². The molecule has 1 N–H and O–H groups in total. The van der Waals surface area contributed by atoms with Crippen LogP contribution in [0.15, 0.2) is 40.9 Å². The molecule has 2 aliphatic rings. The van der Waals surface area contributed by atoms with Crippen molar-refractivity contribution < 1.29 is 4.79 Å². The quantitative estimate of drug-likeness (QED) is 0.829. The topological polar surface area (TPSA) is 58.1 Å². The Morgan fingerprint density at radius 1 is 1.38 bits per heavy atom. The number of aliphatic imine (C=N–C) groups is 1. The molecule has 1 aromatic heterocycles. The van der Waals surface area contributed by atoms with Crippen LogP contribution in [0.25, 0.3) is 11.6 Å². The van der Waals surface area contributed by atoms with Gasteiger partial charge in [-0.25, -0.2) is 0 Å². The second-order valence-corrected chi connectivity index (χ2v) is 7.10. The minimum absolute atomic E-state index is 0.142. The lowest BCUT2D eigenvalue weighted by Gasteiger charge is -2.05. The number of carbonyl (C=O) groups is 1. The number of thioether (sulfide) groups is 1. The zero-order chi connectivity index (χ0) is 16.9. The summed E-state index contributed by atoms with van der Waals surface area (Å²) in [4.78, 5) is 15.9. The van der Waals surface area contributed by atoms with Gasteiger partial charge in [0.1, 0.15) is 6.29 Å². The fourth-order valence-corrected chi connectivity index (χ4v) is 3.54. The number of H-pyrrole nitrogens is 1. The van der Waals surface area contributed by atoms with Crippen LogP contribution in [0.1, 0.15) is 37.2 Å². The molecule has 24 heavy (non-hydrogen) atoms. The number of rotatable bonds is 2. The first kappa shape index (κ1) is 16.7. The lowest BCUT2D eigenvalue weighted by molar-refractivity contribution is -0.104. The Hall–Kier alpha value is -2.14. The SMILES string of the molecule is CC1=NC(C)/C=C\C(c2n[nH]c3c2/C=C(C=O)\C=C/CC3)=C/CS1. The van der Waals surface area contributed by atoms with Crippen molar-refractivity contribution in [3.8, 4) is 0 Å². The van der Waals surface area contributed by atoms with E-state index in [0.29, 0.717) is 5.57 Å². The van der Waals surface area contributed by atoms with Gasteiger partial charge in [0.25, 0.3) is 0 Å². The molecule has 2 heterocycles. The van der Waals surface area contributed by atoms with Crippen molar-refractivity contribution in [3.63, 3.8) is 0 Å². The molecule has 0 spiro atoms. The summed E-state index contributed by atoms with van der Waals surface area (Å²) in [5.74, 6) is 0.855. The van der Waals surface area contributed by atoms with Gasteiger partial charge in [0.15, 0.2) is 0 Å². The second kappa shape index (κ2) is 7.62. The van der Waals surface area contributed by atoms with Crippen LogP contribution in [0.2, 0.25) is 0 Å². The van der Waals surface area contributed by atoms with E-state index in [1.54, 1.807) is 11.8 Å². The van der Waals surface area contributed by atoms with Gasteiger partial charge in [0.05, 0.1) is 16.8 Å². The second-order valence-electron chi connectivity index (χ2n) is 5.89. The van der Waals surface area contributed by atoms with E-state index >= 15 is 0 Å². The number of nitrogens with one attached hydrogen (secondary N) is 1. The van der Waals surface area contributed by atoms with Gasteiger partial charge >= 0.3 is 0 Å². The Kier molecular flexibility index (Phi) is 5.30. The minimum atomic E-state index is 0.142. The molecule has 5 heteroatoms. The first-order valence-corrected chi connectivity index (χ1v) is 9.12. The Morgan fingerprint density at radius 3 is 3.08 bits per heavy atom. The highest BCUT2D eigenvalue weighted by Gasteiger charge is 2.15. The Labute approximate surface area is 146 Å². The first-order chi connectivity index (χ1) is 11.7. The summed E-state index contributed by atoms with van der Waals surface area (Å²) in [5, 5.41) is 8.79. The third kappa shape index (κ3) is 3.85. The van der Waals surface area contributed by atoms with Gasteiger partial charge in [-0.05, 0) is 38.3 Å². The number of nitrogens with zero attached hydrogens (tertiary/aromatic N) is 2. The van der Waals surface area contributed by atoms with Gasteiger partial charge in [-0.3, -0.25) is 14.9 Å². The zero-order valence-electron chi connectivity index (χ0n) is 14.0. The van der Waals surface area contributed by atoms with Crippen LogP contribution in [0.5, 0.6) is 0 Å². The Morgan fingerprint density at radius 2 is 2.25 bits per heavy atom. The van der Waals surface area contributed by atoms with Crippen molar-refractivity contribution in [1.29, 1.82) is 0 Å². The van der Waals surface area contributed by atoms with Crippen molar-refractivity contribution in [2.45, 2.75) is 32.7 Å². The predicted molar refractivity (Wildman–Crippen MR) is 102 cm³/mol. The summed E-state index contributed by atoms with van der Waals surface area (Å²) in [5.41, 5.74) is 4.75. The lowest BCUT2D eigenvalue weighted by Crippen LogP contribution is -1.96. The fourth-order valence-electron chi connectivity index (χ4n) is 2.79. The van der Waals surface area contributed by atoms with Gasteiger partial charge in [0.2, 0.25) is 0 Å². The van der Waals surface area contributed by atoms with Gasteiger partial charge in [-0.15, -0.1) is 11.8 Å². The largest absolute Gasteiger partial charge is 0.298 e. The standard InChI is InChI=1S/C19H21N3OS/c1-13-7-8-16(9-10-24-14(2)20-13)19-17-11-15(12-23)5-3-4-6-18(17)21-22-19/h3,5,7-9,11-13H,4,6,10H2,1-2H3,(H,21,22)/b5-3-,8-7-,15-11+,16-9+,20-14?. The summed E-state index contributed by atoms with van der Waals surface area (Å²) in [6.45, 7) is 4.12. The monoisotopic (exact) mass is 339 g/mol.